The number of carboxylic acids is 1. The van der Waals surface area contributed by atoms with Crippen LogP contribution in [0.25, 0.3) is 0 Å². The van der Waals surface area contributed by atoms with Crippen LogP contribution >= 0.6 is 0 Å². The number of rotatable bonds is 6. The standard InChI is InChI=1S/C11H15N3O4/c1-8(15)6-12-11(18)9-2-4-14(13-7-9)5-3-10(16)17/h2,4,7-8,15H,3,5-6H2,1H3,(H-,12,16,17,18)/p+1. The molecule has 0 aliphatic heterocycles. The van der Waals surface area contributed by atoms with Gasteiger partial charge < -0.3 is 15.5 Å². The molecule has 1 rings (SSSR count). The molecule has 7 nitrogen and oxygen atoms in total. The highest BCUT2D eigenvalue weighted by atomic mass is 16.4. The van der Waals surface area contributed by atoms with E-state index in [9.17, 15) is 9.59 Å². The van der Waals surface area contributed by atoms with Crippen molar-refractivity contribution in [2.45, 2.75) is 26.0 Å². The lowest BCUT2D eigenvalue weighted by Crippen LogP contribution is -2.39. The van der Waals surface area contributed by atoms with Crippen molar-refractivity contribution in [1.82, 2.24) is 10.4 Å². The summed E-state index contributed by atoms with van der Waals surface area (Å²) in [5, 5.41) is 24.0. The summed E-state index contributed by atoms with van der Waals surface area (Å²) in [7, 11) is 0. The number of carboxylic acid groups (broad SMARTS) is 1. The lowest BCUT2D eigenvalue weighted by Gasteiger charge is -2.05. The Morgan fingerprint density at radius 3 is 2.78 bits per heavy atom. The van der Waals surface area contributed by atoms with Crippen LogP contribution in [-0.2, 0) is 11.3 Å². The number of amides is 1. The first-order chi connectivity index (χ1) is 8.49. The van der Waals surface area contributed by atoms with Crippen molar-refractivity contribution < 1.29 is 24.5 Å². The van der Waals surface area contributed by atoms with E-state index < -0.39 is 12.1 Å². The number of carbonyl (C=O) groups excluding carboxylic acids is 1. The van der Waals surface area contributed by atoms with Gasteiger partial charge in [-0.2, -0.15) is 0 Å². The number of aliphatic carboxylic acids is 1. The van der Waals surface area contributed by atoms with Crippen molar-refractivity contribution in [1.29, 1.82) is 0 Å². The lowest BCUT2D eigenvalue weighted by molar-refractivity contribution is -0.753. The number of aromatic nitrogens is 2. The first kappa shape index (κ1) is 14.0. The van der Waals surface area contributed by atoms with E-state index in [0.29, 0.717) is 5.56 Å². The number of aliphatic hydroxyl groups is 1. The minimum absolute atomic E-state index is 0.0226. The molecule has 0 saturated heterocycles. The lowest BCUT2D eigenvalue weighted by atomic mass is 10.3. The molecule has 0 aromatic carbocycles. The zero-order valence-electron chi connectivity index (χ0n) is 10.0. The van der Waals surface area contributed by atoms with Crippen LogP contribution in [0, 0.1) is 0 Å². The molecule has 1 unspecified atom stereocenters. The smallest absolute Gasteiger partial charge is 0.309 e. The molecule has 3 N–H and O–H groups in total. The van der Waals surface area contributed by atoms with Crippen molar-refractivity contribution in [3.8, 4) is 0 Å². The molecule has 0 radical (unpaired) electrons. The van der Waals surface area contributed by atoms with Gasteiger partial charge in [0.05, 0.1) is 11.7 Å². The Labute approximate surface area is 104 Å². The van der Waals surface area contributed by atoms with Crippen LogP contribution in [0.5, 0.6) is 0 Å². The van der Waals surface area contributed by atoms with Crippen molar-refractivity contribution in [3.05, 3.63) is 24.0 Å². The number of carbonyl (C=O) groups is 2. The molecule has 0 fully saturated rings. The summed E-state index contributed by atoms with van der Waals surface area (Å²) >= 11 is 0. The number of hydrogen-bond donors (Lipinski definition) is 3. The molecule has 1 atom stereocenters. The van der Waals surface area contributed by atoms with Gasteiger partial charge in [0.25, 0.3) is 5.91 Å². The summed E-state index contributed by atoms with van der Waals surface area (Å²) in [6.45, 7) is 2.00. The third-order valence-corrected chi connectivity index (χ3v) is 2.15. The summed E-state index contributed by atoms with van der Waals surface area (Å²) in [5.74, 6) is -1.23. The highest BCUT2D eigenvalue weighted by Gasteiger charge is 2.11. The molecule has 1 aromatic rings. The Morgan fingerprint density at radius 2 is 2.28 bits per heavy atom. The summed E-state index contributed by atoms with van der Waals surface area (Å²) in [5.41, 5.74) is 0.363. The second-order valence-corrected chi connectivity index (χ2v) is 3.88. The number of nitrogens with zero attached hydrogens (tertiary/aromatic N) is 2. The molecule has 0 spiro atoms. The molecule has 1 aromatic heterocycles. The van der Waals surface area contributed by atoms with Crippen LogP contribution in [-0.4, -0.2) is 39.8 Å². The molecular weight excluding hydrogens is 238 g/mol. The maximum Gasteiger partial charge on any atom is 0.309 e. The molecule has 18 heavy (non-hydrogen) atoms. The van der Waals surface area contributed by atoms with Crippen LogP contribution < -0.4 is 10.00 Å². The maximum absolute atomic E-state index is 11.6. The second-order valence-electron chi connectivity index (χ2n) is 3.88. The number of nitrogens with one attached hydrogen (secondary N) is 1. The van der Waals surface area contributed by atoms with Crippen LogP contribution in [0.4, 0.5) is 0 Å². The molecule has 0 bridgehead atoms. The molecule has 0 aliphatic carbocycles. The fourth-order valence-electron chi connectivity index (χ4n) is 1.20. The normalized spacial score (nSPS) is 11.9. The molecular formula is C11H16N3O4+. The van der Waals surface area contributed by atoms with E-state index in [1.54, 1.807) is 19.2 Å². The fourth-order valence-corrected chi connectivity index (χ4v) is 1.20. The highest BCUT2D eigenvalue weighted by molar-refractivity contribution is 5.93. The van der Waals surface area contributed by atoms with E-state index >= 15 is 0 Å². The fraction of sp³-hybridized carbons (Fsp3) is 0.455. The second kappa shape index (κ2) is 6.65. The molecule has 0 aliphatic rings. The Balaban J connectivity index is 2.53. The van der Waals surface area contributed by atoms with Gasteiger partial charge in [0, 0.05) is 12.6 Å². The summed E-state index contributed by atoms with van der Waals surface area (Å²) in [6.07, 6.45) is 2.27. The predicted molar refractivity (Wildman–Crippen MR) is 60.7 cm³/mol. The minimum Gasteiger partial charge on any atom is -0.481 e. The number of hydrogen-bond acceptors (Lipinski definition) is 4. The average molecular weight is 254 g/mol. The Hall–Kier alpha value is -2.02. The van der Waals surface area contributed by atoms with E-state index in [1.807, 2.05) is 0 Å². The largest absolute Gasteiger partial charge is 0.481 e. The monoisotopic (exact) mass is 254 g/mol. The summed E-state index contributed by atoms with van der Waals surface area (Å²) < 4.78 is 1.44. The molecule has 7 heteroatoms. The first-order valence-electron chi connectivity index (χ1n) is 5.53. The first-order valence-corrected chi connectivity index (χ1v) is 5.53. The van der Waals surface area contributed by atoms with E-state index in [-0.39, 0.29) is 25.4 Å². The van der Waals surface area contributed by atoms with Gasteiger partial charge in [-0.15, -0.1) is 0 Å². The third-order valence-electron chi connectivity index (χ3n) is 2.15. The van der Waals surface area contributed by atoms with Gasteiger partial charge in [-0.1, -0.05) is 4.68 Å². The zero-order valence-corrected chi connectivity index (χ0v) is 10.0. The Morgan fingerprint density at radius 1 is 1.56 bits per heavy atom. The van der Waals surface area contributed by atoms with Gasteiger partial charge in [-0.05, 0) is 12.0 Å². The van der Waals surface area contributed by atoms with Crippen LogP contribution in [0.15, 0.2) is 18.5 Å². The van der Waals surface area contributed by atoms with Crippen LogP contribution in [0.1, 0.15) is 23.7 Å². The zero-order chi connectivity index (χ0) is 13.5. The highest BCUT2D eigenvalue weighted by Crippen LogP contribution is 1.93. The average Bonchev–Trinajstić information content (AvgIpc) is 2.34. The van der Waals surface area contributed by atoms with Crippen LogP contribution in [0.2, 0.25) is 0 Å². The number of aliphatic hydroxyl groups excluding tert-OH is 1. The van der Waals surface area contributed by atoms with Crippen molar-refractivity contribution in [2.75, 3.05) is 6.54 Å². The third kappa shape index (κ3) is 4.88. The quantitative estimate of drug-likeness (QED) is 0.562. The van der Waals surface area contributed by atoms with Gasteiger partial charge in [-0.3, -0.25) is 9.59 Å². The van der Waals surface area contributed by atoms with E-state index in [2.05, 4.69) is 10.4 Å². The van der Waals surface area contributed by atoms with E-state index in [1.165, 1.54) is 10.9 Å². The SMILES string of the molecule is CC(O)CNC(=O)c1cc[n+](CCC(=O)O)nc1. The van der Waals surface area contributed by atoms with E-state index in [0.717, 1.165) is 0 Å². The summed E-state index contributed by atoms with van der Waals surface area (Å²) in [6, 6.07) is 1.55. The molecule has 1 amide bonds. The minimum atomic E-state index is -0.900. The van der Waals surface area contributed by atoms with Crippen molar-refractivity contribution in [2.24, 2.45) is 0 Å². The molecule has 1 heterocycles. The maximum atomic E-state index is 11.6. The van der Waals surface area contributed by atoms with Crippen molar-refractivity contribution >= 4 is 11.9 Å². The van der Waals surface area contributed by atoms with Gasteiger partial charge in [0.15, 0.2) is 12.7 Å². The molecule has 0 saturated carbocycles. The van der Waals surface area contributed by atoms with Crippen LogP contribution in [0.3, 0.4) is 0 Å². The Bertz CT molecular complexity index is 417. The van der Waals surface area contributed by atoms with Gasteiger partial charge in [0.2, 0.25) is 0 Å². The Kier molecular flexibility index (Phi) is 5.19. The predicted octanol–water partition coefficient (Wildman–Crippen LogP) is -1.05. The van der Waals surface area contributed by atoms with Gasteiger partial charge >= 0.3 is 5.97 Å². The topological polar surface area (TPSA) is 103 Å². The van der Waals surface area contributed by atoms with E-state index in [4.69, 9.17) is 10.2 Å². The van der Waals surface area contributed by atoms with Crippen molar-refractivity contribution in [3.63, 3.8) is 0 Å². The molecule has 98 valence electrons. The van der Waals surface area contributed by atoms with Gasteiger partial charge in [-0.25, -0.2) is 0 Å². The number of aryl methyl sites for hydroxylation is 1. The van der Waals surface area contributed by atoms with Gasteiger partial charge in [0.1, 0.15) is 12.6 Å². The summed E-state index contributed by atoms with van der Waals surface area (Å²) in [4.78, 5) is 21.9.